The van der Waals surface area contributed by atoms with Crippen molar-refractivity contribution < 1.29 is 42.0 Å². The molecule has 0 fully saturated rings. The molecule has 210 valence electrons. The fraction of sp³-hybridized carbons (Fsp3) is 0.241. The van der Waals surface area contributed by atoms with E-state index in [0.29, 0.717) is 39.1 Å². The van der Waals surface area contributed by atoms with Crippen LogP contribution in [-0.2, 0) is 11.4 Å². The normalized spacial score (nSPS) is 11.4. The minimum atomic E-state index is -4.78. The molecule has 0 radical (unpaired) electrons. The lowest BCUT2D eigenvalue weighted by Crippen LogP contribution is -2.16. The lowest BCUT2D eigenvalue weighted by atomic mass is 10.1. The number of halogens is 3. The van der Waals surface area contributed by atoms with E-state index in [1.165, 1.54) is 23.5 Å². The van der Waals surface area contributed by atoms with Gasteiger partial charge in [-0.15, -0.1) is 24.5 Å². The van der Waals surface area contributed by atoms with Crippen LogP contribution >= 0.6 is 11.3 Å². The molecule has 1 N–H and O–H groups in total. The fourth-order valence-corrected chi connectivity index (χ4v) is 4.75. The number of benzene rings is 3. The molecule has 0 unspecified atom stereocenters. The maximum atomic E-state index is 12.6. The number of hydrogen-bond donors (Lipinski definition) is 1. The van der Waals surface area contributed by atoms with Crippen molar-refractivity contribution in [2.24, 2.45) is 0 Å². The summed E-state index contributed by atoms with van der Waals surface area (Å²) in [5.41, 5.74) is 2.84. The number of aryl methyl sites for hydroxylation is 1. The molecule has 4 rings (SSSR count). The maximum absolute atomic E-state index is 12.6. The van der Waals surface area contributed by atoms with Crippen molar-refractivity contribution in [3.8, 4) is 44.7 Å². The molecule has 0 bridgehead atoms. The first-order chi connectivity index (χ1) is 19.0. The van der Waals surface area contributed by atoms with Gasteiger partial charge in [-0.1, -0.05) is 0 Å². The van der Waals surface area contributed by atoms with Gasteiger partial charge in [0.2, 0.25) is 0 Å². The van der Waals surface area contributed by atoms with Crippen LogP contribution in [0.2, 0.25) is 0 Å². The van der Waals surface area contributed by atoms with Gasteiger partial charge in [-0.3, -0.25) is 0 Å². The van der Waals surface area contributed by atoms with Crippen LogP contribution in [0.1, 0.15) is 24.4 Å². The van der Waals surface area contributed by atoms with Crippen LogP contribution in [0.3, 0.4) is 0 Å². The summed E-state index contributed by atoms with van der Waals surface area (Å²) in [5.74, 6) is 0.310. The predicted molar refractivity (Wildman–Crippen MR) is 144 cm³/mol. The van der Waals surface area contributed by atoms with Crippen LogP contribution in [0.25, 0.3) is 21.7 Å². The minimum Gasteiger partial charge on any atom is -0.491 e. The smallest absolute Gasteiger partial charge is 0.491 e. The number of alkyl halides is 3. The summed E-state index contributed by atoms with van der Waals surface area (Å²) >= 11 is 1.36. The molecule has 1 heterocycles. The molecule has 40 heavy (non-hydrogen) atoms. The Bertz CT molecular complexity index is 1450. The van der Waals surface area contributed by atoms with Crippen molar-refractivity contribution in [3.63, 3.8) is 0 Å². The summed E-state index contributed by atoms with van der Waals surface area (Å²) in [6.45, 7) is 5.34. The van der Waals surface area contributed by atoms with Gasteiger partial charge in [0, 0.05) is 5.56 Å². The van der Waals surface area contributed by atoms with Gasteiger partial charge in [0.1, 0.15) is 34.6 Å². The Labute approximate surface area is 232 Å². The molecule has 7 nitrogen and oxygen atoms in total. The Morgan fingerprint density at radius 3 is 2.15 bits per heavy atom. The molecule has 0 spiro atoms. The van der Waals surface area contributed by atoms with Crippen molar-refractivity contribution in [3.05, 3.63) is 77.3 Å². The van der Waals surface area contributed by atoms with Crippen LogP contribution in [0.4, 0.5) is 13.2 Å². The molecule has 0 saturated heterocycles. The molecule has 11 heteroatoms. The van der Waals surface area contributed by atoms with Gasteiger partial charge in [-0.25, -0.2) is 9.78 Å². The van der Waals surface area contributed by atoms with E-state index in [2.05, 4.69) is 4.74 Å². The monoisotopic (exact) mass is 573 g/mol. The number of aliphatic carboxylic acids is 1. The maximum Gasteiger partial charge on any atom is 0.573 e. The average molecular weight is 574 g/mol. The largest absolute Gasteiger partial charge is 0.573 e. The van der Waals surface area contributed by atoms with Gasteiger partial charge in [0.05, 0.1) is 16.7 Å². The molecule has 0 amide bonds. The number of aromatic nitrogens is 1. The van der Waals surface area contributed by atoms with Crippen molar-refractivity contribution >= 4 is 17.3 Å². The fourth-order valence-electron chi connectivity index (χ4n) is 3.75. The number of thiazole rings is 1. The van der Waals surface area contributed by atoms with Crippen LogP contribution in [0, 0.1) is 6.92 Å². The van der Waals surface area contributed by atoms with Crippen molar-refractivity contribution in [2.75, 3.05) is 6.61 Å². The highest BCUT2D eigenvalue weighted by molar-refractivity contribution is 7.15. The van der Waals surface area contributed by atoms with E-state index in [-0.39, 0.29) is 18.5 Å². The minimum absolute atomic E-state index is 0.0169. The number of carboxylic acids is 1. The Kier molecular flexibility index (Phi) is 8.83. The average Bonchev–Trinajstić information content (AvgIpc) is 3.31. The highest BCUT2D eigenvalue weighted by Crippen LogP contribution is 2.39. The molecule has 0 aliphatic carbocycles. The van der Waals surface area contributed by atoms with Crippen LogP contribution in [-0.4, -0.2) is 35.1 Å². The first kappa shape index (κ1) is 28.8. The molecule has 0 atom stereocenters. The summed E-state index contributed by atoms with van der Waals surface area (Å²) in [7, 11) is 0. The zero-order valence-electron chi connectivity index (χ0n) is 21.8. The van der Waals surface area contributed by atoms with E-state index in [1.54, 1.807) is 37.3 Å². The van der Waals surface area contributed by atoms with Crippen molar-refractivity contribution in [2.45, 2.75) is 39.8 Å². The third-order valence-corrected chi connectivity index (χ3v) is 6.46. The molecule has 0 aliphatic heterocycles. The molecule has 0 aliphatic rings. The van der Waals surface area contributed by atoms with Gasteiger partial charge < -0.3 is 24.1 Å². The second kappa shape index (κ2) is 12.3. The Morgan fingerprint density at radius 1 is 0.925 bits per heavy atom. The molecule has 4 aromatic rings. The van der Waals surface area contributed by atoms with Crippen molar-refractivity contribution in [1.82, 2.24) is 4.98 Å². The number of rotatable bonds is 11. The predicted octanol–water partition coefficient (Wildman–Crippen LogP) is 7.51. The molecule has 1 aromatic heterocycles. The lowest BCUT2D eigenvalue weighted by molar-refractivity contribution is -0.274. The summed E-state index contributed by atoms with van der Waals surface area (Å²) in [6, 6.07) is 18.1. The number of carboxylic acid groups (broad SMARTS) is 1. The van der Waals surface area contributed by atoms with Crippen molar-refractivity contribution in [1.29, 1.82) is 0 Å². The Hall–Kier alpha value is -4.25. The Balaban J connectivity index is 1.59. The third kappa shape index (κ3) is 7.89. The quantitative estimate of drug-likeness (QED) is 0.199. The number of ether oxygens (including phenoxy) is 4. The summed E-state index contributed by atoms with van der Waals surface area (Å²) in [5, 5.41) is 9.46. The van der Waals surface area contributed by atoms with Crippen LogP contribution in [0.15, 0.2) is 66.7 Å². The molecule has 3 aromatic carbocycles. The van der Waals surface area contributed by atoms with E-state index in [9.17, 15) is 18.0 Å². The lowest BCUT2D eigenvalue weighted by Gasteiger charge is -2.11. The van der Waals surface area contributed by atoms with Gasteiger partial charge >= 0.3 is 12.3 Å². The summed E-state index contributed by atoms with van der Waals surface area (Å²) < 4.78 is 58.8. The van der Waals surface area contributed by atoms with Gasteiger partial charge in [0.15, 0.2) is 6.61 Å². The van der Waals surface area contributed by atoms with Gasteiger partial charge in [-0.2, -0.15) is 0 Å². The molecular formula is C29H26F3NO6S. The van der Waals surface area contributed by atoms with E-state index < -0.39 is 18.9 Å². The van der Waals surface area contributed by atoms with Gasteiger partial charge in [-0.05, 0) is 98.6 Å². The van der Waals surface area contributed by atoms with E-state index in [1.807, 2.05) is 38.1 Å². The first-order valence-corrected chi connectivity index (χ1v) is 13.0. The topological polar surface area (TPSA) is 87.1 Å². The Morgan fingerprint density at radius 2 is 1.55 bits per heavy atom. The number of hydrogen-bond acceptors (Lipinski definition) is 7. The zero-order valence-corrected chi connectivity index (χ0v) is 22.6. The molecule has 0 saturated carbocycles. The van der Waals surface area contributed by atoms with E-state index >= 15 is 0 Å². The SMILES string of the molecule is Cc1cc(OCc2nc(-c3ccc(OC(C)C)cc3)c(-c3ccc(OC(F)(F)F)cc3)s2)ccc1OCC(=O)O. The van der Waals surface area contributed by atoms with E-state index in [4.69, 9.17) is 24.3 Å². The highest BCUT2D eigenvalue weighted by atomic mass is 32.1. The zero-order chi connectivity index (χ0) is 28.9. The standard InChI is InChI=1S/C29H26F3NO6S/c1-17(2)38-21-8-4-19(5-9-21)27-28(20-6-10-22(11-7-20)39-29(30,31)32)40-25(33-27)15-36-23-12-13-24(18(3)14-23)37-16-26(34)35/h4-14,17H,15-16H2,1-3H3,(H,34,35). The highest BCUT2D eigenvalue weighted by Gasteiger charge is 2.31. The third-order valence-electron chi connectivity index (χ3n) is 5.38. The summed E-state index contributed by atoms with van der Waals surface area (Å²) in [6.07, 6.45) is -4.76. The van der Waals surface area contributed by atoms with Gasteiger partial charge in [0.25, 0.3) is 0 Å². The van der Waals surface area contributed by atoms with Crippen LogP contribution < -0.4 is 18.9 Å². The second-order valence-electron chi connectivity index (χ2n) is 8.95. The van der Waals surface area contributed by atoms with E-state index in [0.717, 1.165) is 10.4 Å². The second-order valence-corrected chi connectivity index (χ2v) is 10.0. The summed E-state index contributed by atoms with van der Waals surface area (Å²) in [4.78, 5) is 16.3. The first-order valence-electron chi connectivity index (χ1n) is 12.2. The number of carbonyl (C=O) groups is 1. The van der Waals surface area contributed by atoms with Crippen LogP contribution in [0.5, 0.6) is 23.0 Å². The number of nitrogens with zero attached hydrogens (tertiary/aromatic N) is 1. The molecular weight excluding hydrogens is 547 g/mol.